The predicted octanol–water partition coefficient (Wildman–Crippen LogP) is 1.31. The van der Waals surface area contributed by atoms with Gasteiger partial charge in [-0.2, -0.15) is 0 Å². The number of carbonyl (C=O) groups excluding carboxylic acids is 1. The standard InChI is InChI=1S/C7H6N2OS/c1-5-4-6(10)9-2-3-11-7(9)8-5/h2-3H,1,4H2. The first-order valence-electron chi connectivity index (χ1n) is 3.19. The minimum absolute atomic E-state index is 0.0567. The molecule has 0 aromatic rings. The number of aliphatic imine (C=N–C) groups is 1. The number of nitrogens with zero attached hydrogens (tertiary/aromatic N) is 2. The minimum atomic E-state index is 0.0567. The molecule has 0 saturated heterocycles. The fourth-order valence-corrected chi connectivity index (χ4v) is 1.74. The molecule has 0 unspecified atom stereocenters. The Morgan fingerprint density at radius 3 is 3.36 bits per heavy atom. The molecule has 0 N–H and O–H groups in total. The lowest BCUT2D eigenvalue weighted by atomic mass is 10.3. The van der Waals surface area contributed by atoms with E-state index >= 15 is 0 Å². The van der Waals surface area contributed by atoms with Crippen molar-refractivity contribution in [1.82, 2.24) is 4.90 Å². The van der Waals surface area contributed by atoms with Crippen molar-refractivity contribution in [2.75, 3.05) is 0 Å². The highest BCUT2D eigenvalue weighted by atomic mass is 32.2. The van der Waals surface area contributed by atoms with Gasteiger partial charge in [-0.1, -0.05) is 18.3 Å². The third kappa shape index (κ3) is 0.991. The lowest BCUT2D eigenvalue weighted by Crippen LogP contribution is -2.30. The maximum absolute atomic E-state index is 11.2. The van der Waals surface area contributed by atoms with Gasteiger partial charge in [0, 0.05) is 11.9 Å². The van der Waals surface area contributed by atoms with E-state index < -0.39 is 0 Å². The molecule has 4 heteroatoms. The number of hydrogen-bond donors (Lipinski definition) is 0. The Kier molecular flexibility index (Phi) is 1.35. The van der Waals surface area contributed by atoms with Crippen molar-refractivity contribution in [3.63, 3.8) is 0 Å². The van der Waals surface area contributed by atoms with E-state index in [1.807, 2.05) is 5.41 Å². The summed E-state index contributed by atoms with van der Waals surface area (Å²) in [7, 11) is 0. The summed E-state index contributed by atoms with van der Waals surface area (Å²) in [5.41, 5.74) is 0.650. The number of hydrogen-bond acceptors (Lipinski definition) is 3. The van der Waals surface area contributed by atoms with Crippen LogP contribution in [0.4, 0.5) is 0 Å². The van der Waals surface area contributed by atoms with E-state index in [0.29, 0.717) is 12.1 Å². The third-order valence-electron chi connectivity index (χ3n) is 1.47. The van der Waals surface area contributed by atoms with Crippen LogP contribution in [-0.4, -0.2) is 16.0 Å². The molecule has 0 radical (unpaired) electrons. The highest BCUT2D eigenvalue weighted by Gasteiger charge is 2.25. The summed E-state index contributed by atoms with van der Waals surface area (Å²) in [4.78, 5) is 16.9. The molecule has 0 aromatic heterocycles. The fourth-order valence-electron chi connectivity index (χ4n) is 0.977. The van der Waals surface area contributed by atoms with E-state index in [1.54, 1.807) is 11.1 Å². The molecule has 11 heavy (non-hydrogen) atoms. The van der Waals surface area contributed by atoms with Gasteiger partial charge in [0.2, 0.25) is 5.91 Å². The molecular weight excluding hydrogens is 160 g/mol. The summed E-state index contributed by atoms with van der Waals surface area (Å²) in [6.07, 6.45) is 2.08. The SMILES string of the molecule is C=C1CC(=O)N2C=CSC2=N1. The van der Waals surface area contributed by atoms with Gasteiger partial charge in [-0.25, -0.2) is 4.99 Å². The van der Waals surface area contributed by atoms with Crippen LogP contribution in [0.2, 0.25) is 0 Å². The Labute approximate surface area is 68.5 Å². The second-order valence-electron chi connectivity index (χ2n) is 2.30. The summed E-state index contributed by atoms with van der Waals surface area (Å²) in [5, 5.41) is 2.57. The van der Waals surface area contributed by atoms with E-state index in [-0.39, 0.29) is 5.91 Å². The van der Waals surface area contributed by atoms with Crippen LogP contribution in [-0.2, 0) is 4.79 Å². The number of carbonyl (C=O) groups is 1. The lowest BCUT2D eigenvalue weighted by Gasteiger charge is -2.18. The molecule has 2 heterocycles. The maximum Gasteiger partial charge on any atom is 0.238 e. The number of rotatable bonds is 0. The van der Waals surface area contributed by atoms with E-state index in [9.17, 15) is 4.79 Å². The smallest absolute Gasteiger partial charge is 0.238 e. The second kappa shape index (κ2) is 2.23. The first-order chi connectivity index (χ1) is 5.27. The van der Waals surface area contributed by atoms with Gasteiger partial charge < -0.3 is 0 Å². The lowest BCUT2D eigenvalue weighted by molar-refractivity contribution is -0.124. The van der Waals surface area contributed by atoms with E-state index in [0.717, 1.165) is 5.17 Å². The second-order valence-corrected chi connectivity index (χ2v) is 3.18. The van der Waals surface area contributed by atoms with Crippen LogP contribution in [0, 0.1) is 0 Å². The van der Waals surface area contributed by atoms with Crippen molar-refractivity contribution >= 4 is 22.8 Å². The molecule has 0 bridgehead atoms. The monoisotopic (exact) mass is 166 g/mol. The van der Waals surface area contributed by atoms with Crippen LogP contribution in [0.5, 0.6) is 0 Å². The van der Waals surface area contributed by atoms with E-state index in [2.05, 4.69) is 11.6 Å². The van der Waals surface area contributed by atoms with Crippen LogP contribution in [0.15, 0.2) is 28.9 Å². The van der Waals surface area contributed by atoms with Crippen molar-refractivity contribution in [2.45, 2.75) is 6.42 Å². The molecule has 2 aliphatic rings. The number of amidine groups is 1. The number of fused-ring (bicyclic) bond motifs is 1. The zero-order valence-electron chi connectivity index (χ0n) is 5.78. The predicted molar refractivity (Wildman–Crippen MR) is 44.8 cm³/mol. The third-order valence-corrected chi connectivity index (χ3v) is 2.22. The molecule has 0 aliphatic carbocycles. The number of amides is 1. The van der Waals surface area contributed by atoms with Crippen molar-refractivity contribution in [3.05, 3.63) is 23.9 Å². The van der Waals surface area contributed by atoms with Gasteiger partial charge in [0.1, 0.15) is 0 Å². The largest absolute Gasteiger partial charge is 0.274 e. The molecule has 2 rings (SSSR count). The van der Waals surface area contributed by atoms with Gasteiger partial charge in [0.25, 0.3) is 0 Å². The van der Waals surface area contributed by atoms with Crippen molar-refractivity contribution in [1.29, 1.82) is 0 Å². The van der Waals surface area contributed by atoms with Crippen molar-refractivity contribution in [3.8, 4) is 0 Å². The topological polar surface area (TPSA) is 32.7 Å². The van der Waals surface area contributed by atoms with Crippen LogP contribution < -0.4 is 0 Å². The highest BCUT2D eigenvalue weighted by Crippen LogP contribution is 2.26. The Morgan fingerprint density at radius 1 is 1.73 bits per heavy atom. The molecule has 0 saturated carbocycles. The van der Waals surface area contributed by atoms with Gasteiger partial charge in [0.05, 0.1) is 6.42 Å². The van der Waals surface area contributed by atoms with Crippen LogP contribution in [0.1, 0.15) is 6.42 Å². The van der Waals surface area contributed by atoms with Gasteiger partial charge in [0.15, 0.2) is 5.17 Å². The summed E-state index contributed by atoms with van der Waals surface area (Å²) in [6, 6.07) is 0. The zero-order chi connectivity index (χ0) is 7.84. The molecule has 0 atom stereocenters. The molecule has 0 aromatic carbocycles. The summed E-state index contributed by atoms with van der Waals surface area (Å²) in [6.45, 7) is 3.65. The first kappa shape index (κ1) is 6.67. The molecule has 0 spiro atoms. The van der Waals surface area contributed by atoms with Crippen LogP contribution in [0.25, 0.3) is 0 Å². The Morgan fingerprint density at radius 2 is 2.55 bits per heavy atom. The van der Waals surface area contributed by atoms with Gasteiger partial charge in [-0.05, 0) is 5.41 Å². The van der Waals surface area contributed by atoms with Crippen molar-refractivity contribution < 1.29 is 4.79 Å². The first-order valence-corrected chi connectivity index (χ1v) is 4.07. The van der Waals surface area contributed by atoms with Crippen LogP contribution >= 0.6 is 11.8 Å². The van der Waals surface area contributed by atoms with E-state index in [1.165, 1.54) is 11.8 Å². The quantitative estimate of drug-likeness (QED) is 0.543. The molecule has 1 amide bonds. The summed E-state index contributed by atoms with van der Waals surface area (Å²) >= 11 is 1.45. The average Bonchev–Trinajstić information content (AvgIpc) is 2.34. The molecule has 56 valence electrons. The molecule has 0 fully saturated rings. The maximum atomic E-state index is 11.2. The Bertz CT molecular complexity index is 293. The normalized spacial score (nSPS) is 22.2. The van der Waals surface area contributed by atoms with Gasteiger partial charge in [-0.3, -0.25) is 9.69 Å². The van der Waals surface area contributed by atoms with Crippen LogP contribution in [0.3, 0.4) is 0 Å². The molecular formula is C7H6N2OS. The van der Waals surface area contributed by atoms with Crippen molar-refractivity contribution in [2.24, 2.45) is 4.99 Å². The Balaban J connectivity index is 2.40. The summed E-state index contributed by atoms with van der Waals surface area (Å²) < 4.78 is 0. The van der Waals surface area contributed by atoms with Gasteiger partial charge in [-0.15, -0.1) is 0 Å². The average molecular weight is 166 g/mol. The minimum Gasteiger partial charge on any atom is -0.274 e. The molecule has 3 nitrogen and oxygen atoms in total. The number of thioether (sulfide) groups is 1. The van der Waals surface area contributed by atoms with E-state index in [4.69, 9.17) is 0 Å². The fraction of sp³-hybridized carbons (Fsp3) is 0.143. The summed E-state index contributed by atoms with van der Waals surface area (Å²) in [5.74, 6) is 0.0567. The van der Waals surface area contributed by atoms with Gasteiger partial charge >= 0.3 is 0 Å². The highest BCUT2D eigenvalue weighted by molar-refractivity contribution is 8.16. The zero-order valence-corrected chi connectivity index (χ0v) is 6.60. The Hall–Kier alpha value is -1.03. The molecule has 2 aliphatic heterocycles.